The minimum Gasteiger partial charge on any atom is -0.478 e. The molecular weight excluding hydrogens is 376 g/mol. The summed E-state index contributed by atoms with van der Waals surface area (Å²) in [6, 6.07) is 14.7. The number of hydrogen-bond donors (Lipinski definition) is 1. The molecule has 0 atom stereocenters. The van der Waals surface area contributed by atoms with Crippen LogP contribution < -0.4 is 0 Å². The quantitative estimate of drug-likeness (QED) is 0.537. The van der Waals surface area contributed by atoms with Crippen LogP contribution >= 0.6 is 11.6 Å². The van der Waals surface area contributed by atoms with Gasteiger partial charge in [-0.1, -0.05) is 67.4 Å². The monoisotopic (exact) mass is 396 g/mol. The molecule has 0 saturated heterocycles. The topological polar surface area (TPSA) is 72.2 Å². The summed E-state index contributed by atoms with van der Waals surface area (Å²) in [7, 11) is 0. The van der Waals surface area contributed by atoms with Crippen LogP contribution in [0.4, 0.5) is 0 Å². The lowest BCUT2D eigenvalue weighted by Gasteiger charge is -2.12. The third kappa shape index (κ3) is 4.15. The summed E-state index contributed by atoms with van der Waals surface area (Å²) in [5.41, 5.74) is 2.80. The molecule has 144 valence electrons. The summed E-state index contributed by atoms with van der Waals surface area (Å²) in [5, 5.41) is 9.88. The summed E-state index contributed by atoms with van der Waals surface area (Å²) in [6.07, 6.45) is 3.33. The molecule has 0 aliphatic carbocycles. The minimum atomic E-state index is -0.994. The zero-order valence-corrected chi connectivity index (χ0v) is 16.3. The van der Waals surface area contributed by atoms with Crippen molar-refractivity contribution < 1.29 is 14.7 Å². The number of rotatable bonds is 8. The third-order valence-electron chi connectivity index (χ3n) is 4.65. The second-order valence-electron chi connectivity index (χ2n) is 6.56. The van der Waals surface area contributed by atoms with Gasteiger partial charge < -0.3 is 9.67 Å². The predicted molar refractivity (Wildman–Crippen MR) is 109 cm³/mol. The highest BCUT2D eigenvalue weighted by molar-refractivity contribution is 6.31. The Morgan fingerprint density at radius 3 is 2.61 bits per heavy atom. The van der Waals surface area contributed by atoms with Crippen molar-refractivity contribution in [1.29, 1.82) is 0 Å². The summed E-state index contributed by atoms with van der Waals surface area (Å²) in [4.78, 5) is 27.7. The van der Waals surface area contributed by atoms with Crippen LogP contribution in [0.15, 0.2) is 48.5 Å². The molecule has 0 aliphatic heterocycles. The van der Waals surface area contributed by atoms with Gasteiger partial charge in [0.2, 0.25) is 0 Å². The lowest BCUT2D eigenvalue weighted by atomic mass is 9.97. The Morgan fingerprint density at radius 2 is 1.96 bits per heavy atom. The Hall–Kier alpha value is -2.92. The standard InChI is InChI=1S/C22H21ClN2O3/c1-2-3-9-20-24-21(23)19(14-26)25(20)13-15-10-11-17(18(12-15)22(27)28)16-7-5-4-6-8-16/h4-8,10-12,14H,2-3,9,13H2,1H3,(H,27,28). The zero-order chi connectivity index (χ0) is 20.1. The molecule has 0 amide bonds. The van der Waals surface area contributed by atoms with Crippen molar-refractivity contribution >= 4 is 23.9 Å². The summed E-state index contributed by atoms with van der Waals surface area (Å²) in [6.45, 7) is 2.42. The van der Waals surface area contributed by atoms with Gasteiger partial charge in [-0.05, 0) is 29.2 Å². The second kappa shape index (κ2) is 8.85. The van der Waals surface area contributed by atoms with Gasteiger partial charge >= 0.3 is 5.97 Å². The molecule has 0 saturated carbocycles. The molecule has 0 unspecified atom stereocenters. The minimum absolute atomic E-state index is 0.181. The van der Waals surface area contributed by atoms with E-state index in [2.05, 4.69) is 11.9 Å². The number of carboxylic acids is 1. The number of aromatic carboxylic acids is 1. The number of aldehydes is 1. The average Bonchev–Trinajstić information content (AvgIpc) is 3.01. The molecule has 0 aliphatic rings. The largest absolute Gasteiger partial charge is 0.478 e. The molecule has 3 rings (SSSR count). The summed E-state index contributed by atoms with van der Waals surface area (Å²) < 4.78 is 1.77. The number of aryl methyl sites for hydroxylation is 1. The first-order chi connectivity index (χ1) is 13.5. The van der Waals surface area contributed by atoms with Crippen LogP contribution in [0.1, 0.15) is 52.0 Å². The molecule has 3 aromatic rings. The number of unbranched alkanes of at least 4 members (excludes halogenated alkanes) is 1. The fraction of sp³-hybridized carbons (Fsp3) is 0.227. The number of carbonyl (C=O) groups excluding carboxylic acids is 1. The Morgan fingerprint density at radius 1 is 1.21 bits per heavy atom. The summed E-state index contributed by atoms with van der Waals surface area (Å²) in [5.74, 6) is -0.260. The van der Waals surface area contributed by atoms with Gasteiger partial charge in [-0.2, -0.15) is 0 Å². The van der Waals surface area contributed by atoms with Crippen molar-refractivity contribution in [3.05, 3.63) is 76.3 Å². The maximum Gasteiger partial charge on any atom is 0.336 e. The first-order valence-electron chi connectivity index (χ1n) is 9.16. The van der Waals surface area contributed by atoms with Gasteiger partial charge in [0.1, 0.15) is 11.5 Å². The van der Waals surface area contributed by atoms with Gasteiger partial charge in [-0.3, -0.25) is 4.79 Å². The Labute approximate surface area is 168 Å². The number of benzene rings is 2. The van der Waals surface area contributed by atoms with E-state index in [1.54, 1.807) is 16.7 Å². The van der Waals surface area contributed by atoms with Crippen LogP contribution in [0.25, 0.3) is 11.1 Å². The van der Waals surface area contributed by atoms with E-state index >= 15 is 0 Å². The molecule has 0 fully saturated rings. The molecule has 6 heteroatoms. The van der Waals surface area contributed by atoms with Crippen LogP contribution in [0.3, 0.4) is 0 Å². The van der Waals surface area contributed by atoms with Crippen LogP contribution in [-0.2, 0) is 13.0 Å². The molecule has 2 aromatic carbocycles. The zero-order valence-electron chi connectivity index (χ0n) is 15.6. The van der Waals surface area contributed by atoms with Crippen molar-refractivity contribution in [3.8, 4) is 11.1 Å². The highest BCUT2D eigenvalue weighted by Crippen LogP contribution is 2.26. The van der Waals surface area contributed by atoms with Crippen LogP contribution in [0.2, 0.25) is 5.15 Å². The fourth-order valence-electron chi connectivity index (χ4n) is 3.21. The Bertz CT molecular complexity index is 997. The van der Waals surface area contributed by atoms with Crippen molar-refractivity contribution in [2.45, 2.75) is 32.7 Å². The van der Waals surface area contributed by atoms with Crippen molar-refractivity contribution in [1.82, 2.24) is 9.55 Å². The van der Waals surface area contributed by atoms with Crippen molar-refractivity contribution in [2.24, 2.45) is 0 Å². The van der Waals surface area contributed by atoms with E-state index in [1.807, 2.05) is 36.4 Å². The number of aromatic nitrogens is 2. The van der Waals surface area contributed by atoms with Crippen molar-refractivity contribution in [2.75, 3.05) is 0 Å². The maximum atomic E-state index is 11.8. The molecule has 1 heterocycles. The van der Waals surface area contributed by atoms with Crippen LogP contribution in [0.5, 0.6) is 0 Å². The van der Waals surface area contributed by atoms with Gasteiger partial charge in [0.15, 0.2) is 11.4 Å². The molecule has 28 heavy (non-hydrogen) atoms. The first-order valence-corrected chi connectivity index (χ1v) is 9.54. The van der Waals surface area contributed by atoms with Gasteiger partial charge in [-0.25, -0.2) is 9.78 Å². The van der Waals surface area contributed by atoms with E-state index < -0.39 is 5.97 Å². The second-order valence-corrected chi connectivity index (χ2v) is 6.92. The van der Waals surface area contributed by atoms with Crippen LogP contribution in [-0.4, -0.2) is 26.9 Å². The number of carboxylic acid groups (broad SMARTS) is 1. The fourth-order valence-corrected chi connectivity index (χ4v) is 3.46. The van der Waals surface area contributed by atoms with E-state index in [1.165, 1.54) is 0 Å². The molecule has 1 aromatic heterocycles. The van der Waals surface area contributed by atoms with Gasteiger partial charge in [0, 0.05) is 13.0 Å². The lowest BCUT2D eigenvalue weighted by molar-refractivity contribution is 0.0697. The lowest BCUT2D eigenvalue weighted by Crippen LogP contribution is -2.10. The van der Waals surface area contributed by atoms with E-state index in [9.17, 15) is 14.7 Å². The maximum absolute atomic E-state index is 11.8. The molecule has 5 nitrogen and oxygen atoms in total. The number of imidazole rings is 1. The molecule has 0 bridgehead atoms. The van der Waals surface area contributed by atoms with E-state index in [-0.39, 0.29) is 10.7 Å². The van der Waals surface area contributed by atoms with E-state index in [0.717, 1.165) is 29.8 Å². The SMILES string of the molecule is CCCCc1nc(Cl)c(C=O)n1Cc1ccc(-c2ccccc2)c(C(=O)O)c1. The highest BCUT2D eigenvalue weighted by atomic mass is 35.5. The first kappa shape index (κ1) is 19.8. The van der Waals surface area contributed by atoms with E-state index in [4.69, 9.17) is 11.6 Å². The third-order valence-corrected chi connectivity index (χ3v) is 4.92. The Balaban J connectivity index is 2.01. The van der Waals surface area contributed by atoms with E-state index in [0.29, 0.717) is 30.5 Å². The van der Waals surface area contributed by atoms with Crippen molar-refractivity contribution in [3.63, 3.8) is 0 Å². The van der Waals surface area contributed by atoms with Gasteiger partial charge in [0.05, 0.1) is 5.56 Å². The molecular formula is C22H21ClN2O3. The number of carbonyl (C=O) groups is 2. The number of halogens is 1. The van der Waals surface area contributed by atoms with Gasteiger partial charge in [-0.15, -0.1) is 0 Å². The Kier molecular flexibility index (Phi) is 6.26. The van der Waals surface area contributed by atoms with Gasteiger partial charge in [0.25, 0.3) is 0 Å². The normalized spacial score (nSPS) is 10.8. The molecule has 0 radical (unpaired) electrons. The smallest absolute Gasteiger partial charge is 0.336 e. The number of nitrogens with zero attached hydrogens (tertiary/aromatic N) is 2. The molecule has 0 spiro atoms. The molecule has 1 N–H and O–H groups in total. The summed E-state index contributed by atoms with van der Waals surface area (Å²) >= 11 is 6.13. The highest BCUT2D eigenvalue weighted by Gasteiger charge is 2.17. The van der Waals surface area contributed by atoms with Crippen LogP contribution in [0, 0.1) is 0 Å². The average molecular weight is 397 g/mol. The predicted octanol–water partition coefficient (Wildman–Crippen LogP) is 5.11. The number of hydrogen-bond acceptors (Lipinski definition) is 3.